The Morgan fingerprint density at radius 2 is 2.12 bits per heavy atom. The average Bonchev–Trinajstić information content (AvgIpc) is 1.65. The second-order valence-electron chi connectivity index (χ2n) is 1.81. The molecule has 0 N–H and O–H groups in total. The number of methoxy groups -OCH3 is 1. The van der Waals surface area contributed by atoms with Gasteiger partial charge in [-0.3, -0.25) is 0 Å². The van der Waals surface area contributed by atoms with Gasteiger partial charge in [-0.2, -0.15) is 4.90 Å². The third kappa shape index (κ3) is 3.61. The van der Waals surface area contributed by atoms with Gasteiger partial charge in [-0.15, -0.1) is 0 Å². The summed E-state index contributed by atoms with van der Waals surface area (Å²) in [5, 5.41) is 0. The highest BCUT2D eigenvalue weighted by molar-refractivity contribution is 5.71. The van der Waals surface area contributed by atoms with Crippen LogP contribution in [-0.2, 0) is 9.53 Å². The number of rotatable bonds is 2. The van der Waals surface area contributed by atoms with Crippen molar-refractivity contribution >= 4 is 5.97 Å². The number of hydrogen-bond acceptors (Lipinski definition) is 3. The zero-order chi connectivity index (χ0) is 6.57. The third-order valence-corrected chi connectivity index (χ3v) is 0.673. The third-order valence-electron chi connectivity index (χ3n) is 0.673. The van der Waals surface area contributed by atoms with E-state index in [1.165, 1.54) is 7.11 Å². The van der Waals surface area contributed by atoms with Gasteiger partial charge in [0.1, 0.15) is 14.1 Å². The maximum absolute atomic E-state index is 10.4. The lowest BCUT2D eigenvalue weighted by Gasteiger charge is -1.96. The van der Waals surface area contributed by atoms with E-state index in [1.54, 1.807) is 4.90 Å². The minimum atomic E-state index is -0.199. The fraction of sp³-hybridized carbons (Fsp3) is 0.800. The molecule has 1 radical (unpaired) electrons. The number of carbonyl (C=O) groups is 1. The smallest absolute Gasteiger partial charge is 0.366 e. The van der Waals surface area contributed by atoms with Gasteiger partial charge in [0.05, 0.1) is 7.11 Å². The number of nitrogens with zero attached hydrogens (tertiary/aromatic N) is 1. The molecule has 0 heterocycles. The number of carbonyl (C=O) groups excluding carboxylic acids is 1. The van der Waals surface area contributed by atoms with Crippen molar-refractivity contribution in [2.75, 3.05) is 27.7 Å². The molecule has 0 aliphatic rings. The quantitative estimate of drug-likeness (QED) is 0.363. The topological polar surface area (TPSA) is 32.2 Å². The average molecular weight is 117 g/mol. The van der Waals surface area contributed by atoms with Crippen LogP contribution in [0.4, 0.5) is 0 Å². The molecule has 47 valence electrons. The maximum Gasteiger partial charge on any atom is 0.366 e. The minimum absolute atomic E-state index is 0.199. The van der Waals surface area contributed by atoms with Gasteiger partial charge < -0.3 is 4.74 Å². The normalized spacial score (nSPS) is 9.50. The van der Waals surface area contributed by atoms with Crippen molar-refractivity contribution in [2.45, 2.75) is 0 Å². The lowest BCUT2D eigenvalue weighted by atomic mass is 10.6. The van der Waals surface area contributed by atoms with E-state index in [0.29, 0.717) is 6.54 Å². The van der Waals surface area contributed by atoms with Gasteiger partial charge in [0.25, 0.3) is 0 Å². The summed E-state index contributed by atoms with van der Waals surface area (Å²) in [6.07, 6.45) is 0. The molecule has 0 saturated heterocycles. The first kappa shape index (κ1) is 7.43. The van der Waals surface area contributed by atoms with Gasteiger partial charge >= 0.3 is 5.97 Å². The molecule has 0 aromatic rings. The molecular formula is C5H11NO2+. The first-order valence-corrected chi connectivity index (χ1v) is 2.38. The van der Waals surface area contributed by atoms with Gasteiger partial charge in [0.2, 0.25) is 6.54 Å². The van der Waals surface area contributed by atoms with Crippen molar-refractivity contribution in [2.24, 2.45) is 0 Å². The van der Waals surface area contributed by atoms with E-state index in [9.17, 15) is 4.79 Å². The highest BCUT2D eigenvalue weighted by Crippen LogP contribution is 1.72. The summed E-state index contributed by atoms with van der Waals surface area (Å²) in [7, 11) is 5.01. The van der Waals surface area contributed by atoms with Crippen LogP contribution in [0.15, 0.2) is 0 Å². The second-order valence-corrected chi connectivity index (χ2v) is 1.81. The van der Waals surface area contributed by atoms with Crippen molar-refractivity contribution in [3.8, 4) is 0 Å². The molecule has 0 aliphatic carbocycles. The summed E-state index contributed by atoms with van der Waals surface area (Å²) in [4.78, 5) is 12.1. The fourth-order valence-electron chi connectivity index (χ4n) is 0.323. The molecule has 0 bridgehead atoms. The summed E-state index contributed by atoms with van der Waals surface area (Å²) in [5.41, 5.74) is 0. The Bertz CT molecular complexity index is 80.5. The first-order chi connectivity index (χ1) is 3.66. The van der Waals surface area contributed by atoms with Crippen LogP contribution < -0.4 is 4.90 Å². The van der Waals surface area contributed by atoms with E-state index in [2.05, 4.69) is 4.74 Å². The largest absolute Gasteiger partial charge is 0.465 e. The molecule has 0 unspecified atom stereocenters. The Balaban J connectivity index is 3.25. The van der Waals surface area contributed by atoms with E-state index in [0.717, 1.165) is 0 Å². The summed E-state index contributed by atoms with van der Waals surface area (Å²) < 4.78 is 4.38. The summed E-state index contributed by atoms with van der Waals surface area (Å²) in [6.45, 7) is 0.358. The van der Waals surface area contributed by atoms with Crippen molar-refractivity contribution in [3.05, 3.63) is 0 Å². The Labute approximate surface area is 49.2 Å². The van der Waals surface area contributed by atoms with Gasteiger partial charge in [-0.1, -0.05) is 0 Å². The lowest BCUT2D eigenvalue weighted by molar-refractivity contribution is -0.140. The first-order valence-electron chi connectivity index (χ1n) is 2.38. The van der Waals surface area contributed by atoms with Gasteiger partial charge in [0, 0.05) is 0 Å². The number of esters is 1. The number of hydrogen-bond donors (Lipinski definition) is 0. The van der Waals surface area contributed by atoms with Crippen molar-refractivity contribution in [3.63, 3.8) is 0 Å². The molecule has 3 nitrogen and oxygen atoms in total. The second kappa shape index (κ2) is 3.43. The SMILES string of the molecule is COC(=O)C[N+](C)C. The number of ether oxygens (including phenoxy) is 1. The summed E-state index contributed by atoms with van der Waals surface area (Å²) in [5.74, 6) is -0.199. The molecule has 0 amide bonds. The highest BCUT2D eigenvalue weighted by atomic mass is 16.5. The molecule has 0 aromatic carbocycles. The van der Waals surface area contributed by atoms with Crippen molar-refractivity contribution in [1.82, 2.24) is 4.90 Å². The van der Waals surface area contributed by atoms with Gasteiger partial charge in [-0.05, 0) is 0 Å². The van der Waals surface area contributed by atoms with Crippen LogP contribution in [0.3, 0.4) is 0 Å². The van der Waals surface area contributed by atoms with Crippen LogP contribution in [0.2, 0.25) is 0 Å². The van der Waals surface area contributed by atoms with Crippen molar-refractivity contribution in [1.29, 1.82) is 0 Å². The molecule has 0 fully saturated rings. The fourth-order valence-corrected chi connectivity index (χ4v) is 0.323. The molecule has 8 heavy (non-hydrogen) atoms. The van der Waals surface area contributed by atoms with E-state index in [1.807, 2.05) is 14.1 Å². The zero-order valence-electron chi connectivity index (χ0n) is 5.47. The van der Waals surface area contributed by atoms with Crippen LogP contribution >= 0.6 is 0 Å². The Morgan fingerprint density at radius 1 is 1.62 bits per heavy atom. The Kier molecular flexibility index (Phi) is 3.19. The van der Waals surface area contributed by atoms with E-state index in [-0.39, 0.29) is 5.97 Å². The lowest BCUT2D eigenvalue weighted by Crippen LogP contribution is -2.27. The molecule has 0 spiro atoms. The maximum atomic E-state index is 10.4. The van der Waals surface area contributed by atoms with E-state index >= 15 is 0 Å². The molecule has 0 atom stereocenters. The van der Waals surface area contributed by atoms with Crippen LogP contribution in [0.1, 0.15) is 0 Å². The summed E-state index contributed by atoms with van der Waals surface area (Å²) in [6, 6.07) is 0. The highest BCUT2D eigenvalue weighted by Gasteiger charge is 2.07. The monoisotopic (exact) mass is 117 g/mol. The van der Waals surface area contributed by atoms with Crippen LogP contribution in [-0.4, -0.2) is 33.7 Å². The van der Waals surface area contributed by atoms with Crippen molar-refractivity contribution < 1.29 is 9.53 Å². The molecule has 3 heteroatoms. The van der Waals surface area contributed by atoms with E-state index in [4.69, 9.17) is 0 Å². The van der Waals surface area contributed by atoms with Gasteiger partial charge in [-0.25, -0.2) is 4.79 Å². The zero-order valence-corrected chi connectivity index (χ0v) is 5.47. The van der Waals surface area contributed by atoms with Crippen LogP contribution in [0.25, 0.3) is 0 Å². The minimum Gasteiger partial charge on any atom is -0.465 e. The molecular weight excluding hydrogens is 106 g/mol. The van der Waals surface area contributed by atoms with Crippen LogP contribution in [0, 0.1) is 0 Å². The summed E-state index contributed by atoms with van der Waals surface area (Å²) >= 11 is 0. The predicted octanol–water partition coefficient (Wildman–Crippen LogP) is -0.441. The Morgan fingerprint density at radius 3 is 2.25 bits per heavy atom. The molecule has 0 saturated carbocycles. The Hall–Kier alpha value is -0.570. The predicted molar refractivity (Wildman–Crippen MR) is 30.9 cm³/mol. The molecule has 0 aromatic heterocycles. The molecule has 0 aliphatic heterocycles. The molecule has 0 rings (SSSR count). The van der Waals surface area contributed by atoms with Gasteiger partial charge in [0.15, 0.2) is 0 Å². The number of likely N-dealkylation sites (N-methyl/N-ethyl adjacent to an activating group) is 1. The van der Waals surface area contributed by atoms with E-state index < -0.39 is 0 Å². The van der Waals surface area contributed by atoms with Crippen LogP contribution in [0.5, 0.6) is 0 Å². The standard InChI is InChI=1S/C5H11NO2/c1-6(2)4-5(7)8-3/h4H2,1-3H3/q+1.